The minimum atomic E-state index is 0.514. The molecule has 0 amide bonds. The van der Waals surface area contributed by atoms with E-state index in [4.69, 9.17) is 23.2 Å². The Labute approximate surface area is 172 Å². The zero-order chi connectivity index (χ0) is 19.3. The number of aromatic nitrogens is 3. The number of hydrogen-bond acceptors (Lipinski definition) is 5. The monoisotopic (exact) mass is 409 g/mol. The largest absolute Gasteiger partial charge is 0.365 e. The van der Waals surface area contributed by atoms with Gasteiger partial charge in [-0.3, -0.25) is 0 Å². The van der Waals surface area contributed by atoms with Gasteiger partial charge in [-0.25, -0.2) is 4.98 Å². The average molecular weight is 410 g/mol. The van der Waals surface area contributed by atoms with Crippen LogP contribution in [0.1, 0.15) is 11.1 Å². The highest BCUT2D eigenvalue weighted by atomic mass is 35.5. The highest BCUT2D eigenvalue weighted by molar-refractivity contribution is 6.30. The van der Waals surface area contributed by atoms with Gasteiger partial charge in [-0.15, -0.1) is 0 Å². The number of pyridine rings is 1. The van der Waals surface area contributed by atoms with Gasteiger partial charge in [-0.1, -0.05) is 47.5 Å². The minimum absolute atomic E-state index is 0.514. The van der Waals surface area contributed by atoms with Crippen molar-refractivity contribution in [1.29, 1.82) is 0 Å². The van der Waals surface area contributed by atoms with Crippen LogP contribution in [0.25, 0.3) is 11.0 Å². The first-order valence-electron chi connectivity index (χ1n) is 8.77. The maximum Gasteiger partial charge on any atom is 0.227 e. The Balaban J connectivity index is 1.55. The lowest BCUT2D eigenvalue weighted by Crippen LogP contribution is -2.08. The molecule has 0 saturated carbocycles. The van der Waals surface area contributed by atoms with E-state index in [0.717, 1.165) is 22.3 Å². The zero-order valence-corrected chi connectivity index (χ0v) is 16.4. The minimum Gasteiger partial charge on any atom is -0.365 e. The van der Waals surface area contributed by atoms with Crippen molar-refractivity contribution in [3.8, 4) is 0 Å². The topological polar surface area (TPSA) is 62.7 Å². The Bertz CT molecular complexity index is 1080. The molecule has 0 aliphatic rings. The molecule has 2 aromatic carbocycles. The van der Waals surface area contributed by atoms with Gasteiger partial charge in [0.15, 0.2) is 5.65 Å². The number of hydrogen-bond donors (Lipinski definition) is 2. The summed E-state index contributed by atoms with van der Waals surface area (Å²) in [5, 5.41) is 8.93. The molecule has 5 nitrogen and oxygen atoms in total. The van der Waals surface area contributed by atoms with Gasteiger partial charge in [-0.05, 0) is 47.5 Å². The summed E-state index contributed by atoms with van der Waals surface area (Å²) in [6, 6.07) is 19.2. The number of nitrogens with zero attached hydrogens (tertiary/aromatic N) is 3. The summed E-state index contributed by atoms with van der Waals surface area (Å²) >= 11 is 11.9. The molecule has 0 radical (unpaired) electrons. The smallest absolute Gasteiger partial charge is 0.227 e. The molecule has 0 bridgehead atoms. The Morgan fingerprint density at radius 3 is 1.96 bits per heavy atom. The van der Waals surface area contributed by atoms with E-state index in [0.29, 0.717) is 34.7 Å². The first-order valence-corrected chi connectivity index (χ1v) is 9.52. The van der Waals surface area contributed by atoms with Crippen molar-refractivity contribution < 1.29 is 0 Å². The van der Waals surface area contributed by atoms with E-state index < -0.39 is 0 Å². The van der Waals surface area contributed by atoms with Crippen molar-refractivity contribution in [1.82, 2.24) is 15.0 Å². The van der Waals surface area contributed by atoms with Gasteiger partial charge < -0.3 is 10.6 Å². The molecule has 140 valence electrons. The molecule has 7 heteroatoms. The second-order valence-electron chi connectivity index (χ2n) is 6.23. The second-order valence-corrected chi connectivity index (χ2v) is 7.10. The molecule has 2 N–H and O–H groups in total. The summed E-state index contributed by atoms with van der Waals surface area (Å²) in [5.74, 6) is 1.24. The predicted octanol–water partition coefficient (Wildman–Crippen LogP) is 5.56. The van der Waals surface area contributed by atoms with Crippen LogP contribution >= 0.6 is 23.2 Å². The van der Waals surface area contributed by atoms with Crippen molar-refractivity contribution in [2.24, 2.45) is 0 Å². The Morgan fingerprint density at radius 2 is 1.32 bits per heavy atom. The van der Waals surface area contributed by atoms with Gasteiger partial charge in [-0.2, -0.15) is 9.97 Å². The van der Waals surface area contributed by atoms with E-state index >= 15 is 0 Å². The van der Waals surface area contributed by atoms with Gasteiger partial charge in [0.1, 0.15) is 5.82 Å². The molecule has 0 unspecified atom stereocenters. The van der Waals surface area contributed by atoms with Gasteiger partial charge in [0.2, 0.25) is 5.95 Å². The first-order chi connectivity index (χ1) is 13.7. The lowest BCUT2D eigenvalue weighted by atomic mass is 10.2. The normalized spacial score (nSPS) is 10.8. The van der Waals surface area contributed by atoms with Crippen LogP contribution in [-0.4, -0.2) is 15.0 Å². The molecule has 0 saturated heterocycles. The van der Waals surface area contributed by atoms with Crippen LogP contribution in [0.4, 0.5) is 11.8 Å². The molecular weight excluding hydrogens is 393 g/mol. The second kappa shape index (κ2) is 8.42. The van der Waals surface area contributed by atoms with Crippen molar-refractivity contribution in [2.75, 3.05) is 10.6 Å². The third-order valence-corrected chi connectivity index (χ3v) is 4.71. The quantitative estimate of drug-likeness (QED) is 0.436. The van der Waals surface area contributed by atoms with Crippen LogP contribution in [-0.2, 0) is 13.1 Å². The number of halogens is 2. The third-order valence-electron chi connectivity index (χ3n) is 4.21. The highest BCUT2D eigenvalue weighted by Gasteiger charge is 2.08. The summed E-state index contributed by atoms with van der Waals surface area (Å²) in [6.07, 6.45) is 1.72. The van der Waals surface area contributed by atoms with Crippen LogP contribution in [0, 0.1) is 0 Å². The van der Waals surface area contributed by atoms with E-state index in [2.05, 4.69) is 25.6 Å². The van der Waals surface area contributed by atoms with E-state index in [1.807, 2.05) is 60.7 Å². The van der Waals surface area contributed by atoms with Crippen molar-refractivity contribution in [3.05, 3.63) is 88.0 Å². The Morgan fingerprint density at radius 1 is 0.714 bits per heavy atom. The Kier molecular flexibility index (Phi) is 5.55. The standard InChI is InChI=1S/C21H17Cl2N5/c22-16-7-3-14(4-8-16)12-25-20-18-2-1-11-24-19(18)27-21(28-20)26-13-15-5-9-17(23)10-6-15/h1-11H,12-13H2,(H2,24,25,26,27,28). The van der Waals surface area contributed by atoms with Crippen LogP contribution in [0.5, 0.6) is 0 Å². The molecule has 0 aliphatic heterocycles. The average Bonchev–Trinajstić information content (AvgIpc) is 2.73. The number of anilines is 2. The van der Waals surface area contributed by atoms with Crippen LogP contribution in [0.3, 0.4) is 0 Å². The number of nitrogens with one attached hydrogen (secondary N) is 2. The SMILES string of the molecule is Clc1ccc(CNc2nc(NCc3ccc(Cl)cc3)c3cccnc3n2)cc1. The van der Waals surface area contributed by atoms with Crippen LogP contribution < -0.4 is 10.6 Å². The Hall–Kier alpha value is -2.89. The summed E-state index contributed by atoms with van der Waals surface area (Å²) in [7, 11) is 0. The van der Waals surface area contributed by atoms with Gasteiger partial charge in [0.05, 0.1) is 5.39 Å². The summed E-state index contributed by atoms with van der Waals surface area (Å²) in [4.78, 5) is 13.5. The van der Waals surface area contributed by atoms with E-state index in [1.165, 1.54) is 0 Å². The number of fused-ring (bicyclic) bond motifs is 1. The molecule has 0 aliphatic carbocycles. The molecule has 2 aromatic heterocycles. The molecular formula is C21H17Cl2N5. The van der Waals surface area contributed by atoms with E-state index in [1.54, 1.807) is 6.20 Å². The van der Waals surface area contributed by atoms with Crippen LogP contribution in [0.2, 0.25) is 10.0 Å². The van der Waals surface area contributed by atoms with Crippen LogP contribution in [0.15, 0.2) is 66.9 Å². The molecule has 28 heavy (non-hydrogen) atoms. The van der Waals surface area contributed by atoms with Gasteiger partial charge in [0, 0.05) is 29.3 Å². The molecule has 4 rings (SSSR count). The van der Waals surface area contributed by atoms with Crippen molar-refractivity contribution >= 4 is 46.0 Å². The first kappa shape index (κ1) is 18.5. The molecule has 0 spiro atoms. The van der Waals surface area contributed by atoms with Crippen molar-refractivity contribution in [2.45, 2.75) is 13.1 Å². The lowest BCUT2D eigenvalue weighted by Gasteiger charge is -2.12. The van der Waals surface area contributed by atoms with Gasteiger partial charge in [0.25, 0.3) is 0 Å². The third kappa shape index (κ3) is 4.50. The zero-order valence-electron chi connectivity index (χ0n) is 14.9. The van der Waals surface area contributed by atoms with Crippen molar-refractivity contribution in [3.63, 3.8) is 0 Å². The summed E-state index contributed by atoms with van der Waals surface area (Å²) < 4.78 is 0. The molecule has 4 aromatic rings. The fraction of sp³-hybridized carbons (Fsp3) is 0.0952. The van der Waals surface area contributed by atoms with E-state index in [9.17, 15) is 0 Å². The summed E-state index contributed by atoms with van der Waals surface area (Å²) in [5.41, 5.74) is 2.83. The maximum absolute atomic E-state index is 5.96. The van der Waals surface area contributed by atoms with E-state index in [-0.39, 0.29) is 0 Å². The molecule has 2 heterocycles. The van der Waals surface area contributed by atoms with Gasteiger partial charge >= 0.3 is 0 Å². The lowest BCUT2D eigenvalue weighted by molar-refractivity contribution is 1.05. The predicted molar refractivity (Wildman–Crippen MR) is 115 cm³/mol. The fourth-order valence-electron chi connectivity index (χ4n) is 2.75. The fourth-order valence-corrected chi connectivity index (χ4v) is 3.00. The number of benzene rings is 2. The number of rotatable bonds is 6. The maximum atomic E-state index is 5.96. The molecule has 0 fully saturated rings. The molecule has 0 atom stereocenters. The summed E-state index contributed by atoms with van der Waals surface area (Å²) in [6.45, 7) is 1.21. The highest BCUT2D eigenvalue weighted by Crippen LogP contribution is 2.22.